The number of nitrogens with zero attached hydrogens (tertiary/aromatic N) is 5. The van der Waals surface area contributed by atoms with Crippen molar-refractivity contribution in [3.05, 3.63) is 11.9 Å². The second-order valence-electron chi connectivity index (χ2n) is 8.29. The quantitative estimate of drug-likeness (QED) is 0.756. The van der Waals surface area contributed by atoms with Crippen LogP contribution in [0.3, 0.4) is 0 Å². The lowest BCUT2D eigenvalue weighted by Gasteiger charge is -2.42. The highest BCUT2D eigenvalue weighted by atomic mass is 16.5. The summed E-state index contributed by atoms with van der Waals surface area (Å²) in [5.74, 6) is 1.47. The molecular weight excluding hydrogens is 314 g/mol. The summed E-state index contributed by atoms with van der Waals surface area (Å²) in [6.07, 6.45) is 7.33. The zero-order chi connectivity index (χ0) is 17.6. The summed E-state index contributed by atoms with van der Waals surface area (Å²) < 4.78 is 7.14. The molecule has 0 radical (unpaired) electrons. The summed E-state index contributed by atoms with van der Waals surface area (Å²) >= 11 is 0. The minimum atomic E-state index is 0.547. The monoisotopic (exact) mass is 349 g/mol. The molecular formula is C19H35N5O. The van der Waals surface area contributed by atoms with Gasteiger partial charge in [-0.15, -0.1) is 5.10 Å². The molecule has 1 aromatic rings. The predicted molar refractivity (Wildman–Crippen MR) is 99.3 cm³/mol. The summed E-state index contributed by atoms with van der Waals surface area (Å²) in [6, 6.07) is 0.783. The number of hydrogen-bond donors (Lipinski definition) is 0. The second kappa shape index (κ2) is 9.10. The van der Waals surface area contributed by atoms with E-state index in [0.29, 0.717) is 12.5 Å². The minimum absolute atomic E-state index is 0.547. The first-order chi connectivity index (χ1) is 12.1. The van der Waals surface area contributed by atoms with Crippen LogP contribution in [0.2, 0.25) is 0 Å². The maximum Gasteiger partial charge on any atom is 0.108 e. The van der Waals surface area contributed by atoms with Crippen molar-refractivity contribution in [2.45, 2.75) is 58.7 Å². The lowest BCUT2D eigenvalue weighted by Crippen LogP contribution is -2.49. The van der Waals surface area contributed by atoms with Gasteiger partial charge in [0, 0.05) is 32.8 Å². The molecule has 0 N–H and O–H groups in total. The van der Waals surface area contributed by atoms with Crippen molar-refractivity contribution in [2.75, 3.05) is 39.8 Å². The molecule has 6 nitrogen and oxygen atoms in total. The van der Waals surface area contributed by atoms with E-state index < -0.39 is 0 Å². The number of likely N-dealkylation sites (tertiary alicyclic amines) is 2. The van der Waals surface area contributed by atoms with Crippen molar-refractivity contribution in [2.24, 2.45) is 11.8 Å². The van der Waals surface area contributed by atoms with Gasteiger partial charge in [-0.3, -0.25) is 9.58 Å². The highest BCUT2D eigenvalue weighted by Gasteiger charge is 2.29. The highest BCUT2D eigenvalue weighted by Crippen LogP contribution is 2.25. The molecule has 2 fully saturated rings. The Morgan fingerprint density at radius 2 is 2.00 bits per heavy atom. The first-order valence-corrected chi connectivity index (χ1v) is 9.98. The van der Waals surface area contributed by atoms with E-state index in [4.69, 9.17) is 4.74 Å². The van der Waals surface area contributed by atoms with Crippen LogP contribution >= 0.6 is 0 Å². The smallest absolute Gasteiger partial charge is 0.108 e. The van der Waals surface area contributed by atoms with E-state index in [1.165, 1.54) is 58.4 Å². The van der Waals surface area contributed by atoms with Crippen LogP contribution in [0.25, 0.3) is 0 Å². The summed E-state index contributed by atoms with van der Waals surface area (Å²) in [7, 11) is 1.70. The van der Waals surface area contributed by atoms with E-state index in [1.807, 2.05) is 10.9 Å². The SMILES string of the molecule is COCc1cn(CC2CCCN(C3CCN(CC(C)C)CC3)C2)nn1. The van der Waals surface area contributed by atoms with E-state index in [2.05, 4.69) is 34.0 Å². The molecule has 1 unspecified atom stereocenters. The van der Waals surface area contributed by atoms with Gasteiger partial charge in [-0.1, -0.05) is 19.1 Å². The van der Waals surface area contributed by atoms with Crippen molar-refractivity contribution in [1.29, 1.82) is 0 Å². The summed E-state index contributed by atoms with van der Waals surface area (Å²) in [5, 5.41) is 8.45. The van der Waals surface area contributed by atoms with Gasteiger partial charge < -0.3 is 9.64 Å². The normalized spacial score (nSPS) is 24.2. The van der Waals surface area contributed by atoms with Gasteiger partial charge in [-0.25, -0.2) is 0 Å². The number of rotatable bonds is 7. The molecule has 0 spiro atoms. The lowest BCUT2D eigenvalue weighted by atomic mass is 9.93. The maximum absolute atomic E-state index is 5.13. The van der Waals surface area contributed by atoms with Crippen molar-refractivity contribution >= 4 is 0 Å². The van der Waals surface area contributed by atoms with Crippen molar-refractivity contribution in [3.8, 4) is 0 Å². The predicted octanol–water partition coefficient (Wildman–Crippen LogP) is 2.26. The van der Waals surface area contributed by atoms with Gasteiger partial charge in [0.2, 0.25) is 0 Å². The van der Waals surface area contributed by atoms with Crippen LogP contribution in [0.5, 0.6) is 0 Å². The largest absolute Gasteiger partial charge is 0.378 e. The van der Waals surface area contributed by atoms with Gasteiger partial charge in [0.15, 0.2) is 0 Å². The average molecular weight is 350 g/mol. The molecule has 6 heteroatoms. The molecule has 2 aliphatic heterocycles. The second-order valence-corrected chi connectivity index (χ2v) is 8.29. The van der Waals surface area contributed by atoms with E-state index in [1.54, 1.807) is 7.11 Å². The Bertz CT molecular complexity index is 510. The minimum Gasteiger partial charge on any atom is -0.378 e. The number of aromatic nitrogens is 3. The fourth-order valence-corrected chi connectivity index (χ4v) is 4.47. The Kier molecular flexibility index (Phi) is 6.84. The first-order valence-electron chi connectivity index (χ1n) is 9.98. The molecule has 2 aliphatic rings. The fraction of sp³-hybridized carbons (Fsp3) is 0.895. The van der Waals surface area contributed by atoms with E-state index >= 15 is 0 Å². The van der Waals surface area contributed by atoms with Crippen LogP contribution in [0.15, 0.2) is 6.20 Å². The van der Waals surface area contributed by atoms with Gasteiger partial charge in [0.1, 0.15) is 5.69 Å². The van der Waals surface area contributed by atoms with E-state index in [9.17, 15) is 0 Å². The summed E-state index contributed by atoms with van der Waals surface area (Å²) in [4.78, 5) is 5.41. The van der Waals surface area contributed by atoms with Crippen molar-refractivity contribution in [3.63, 3.8) is 0 Å². The highest BCUT2D eigenvalue weighted by molar-refractivity contribution is 4.90. The number of methoxy groups -OCH3 is 1. The molecule has 1 atom stereocenters. The Morgan fingerprint density at radius 3 is 2.72 bits per heavy atom. The van der Waals surface area contributed by atoms with Crippen LogP contribution in [-0.4, -0.2) is 70.7 Å². The maximum atomic E-state index is 5.13. The van der Waals surface area contributed by atoms with Crippen LogP contribution in [0.1, 0.15) is 45.2 Å². The molecule has 1 aromatic heterocycles. The molecule has 3 heterocycles. The fourth-order valence-electron chi connectivity index (χ4n) is 4.47. The summed E-state index contributed by atoms with van der Waals surface area (Å²) in [6.45, 7) is 12.5. The molecule has 25 heavy (non-hydrogen) atoms. The Labute approximate surface area is 152 Å². The van der Waals surface area contributed by atoms with Gasteiger partial charge in [0.05, 0.1) is 12.8 Å². The van der Waals surface area contributed by atoms with Crippen molar-refractivity contribution in [1.82, 2.24) is 24.8 Å². The van der Waals surface area contributed by atoms with Crippen LogP contribution < -0.4 is 0 Å². The first kappa shape index (κ1) is 18.8. The van der Waals surface area contributed by atoms with Gasteiger partial charge in [-0.2, -0.15) is 0 Å². The standard InChI is InChI=1S/C19H35N5O/c1-16(2)11-22-9-6-19(7-10-22)23-8-4-5-17(12-23)13-24-14-18(15-25-3)20-21-24/h14,16-17,19H,4-13,15H2,1-3H3. The van der Waals surface area contributed by atoms with Gasteiger partial charge >= 0.3 is 0 Å². The third-order valence-electron chi connectivity index (χ3n) is 5.57. The molecule has 142 valence electrons. The molecule has 0 saturated carbocycles. The number of piperidine rings is 2. The van der Waals surface area contributed by atoms with Crippen LogP contribution in [0.4, 0.5) is 0 Å². The number of ether oxygens (including phenoxy) is 1. The van der Waals surface area contributed by atoms with Gasteiger partial charge in [0.25, 0.3) is 0 Å². The summed E-state index contributed by atoms with van der Waals surface area (Å²) in [5.41, 5.74) is 0.924. The van der Waals surface area contributed by atoms with Crippen LogP contribution in [-0.2, 0) is 17.9 Å². The molecule has 0 bridgehead atoms. The van der Waals surface area contributed by atoms with Crippen LogP contribution in [0, 0.1) is 11.8 Å². The Balaban J connectivity index is 1.46. The topological polar surface area (TPSA) is 46.4 Å². The van der Waals surface area contributed by atoms with E-state index in [0.717, 1.165) is 24.2 Å². The lowest BCUT2D eigenvalue weighted by molar-refractivity contribution is 0.0633. The zero-order valence-electron chi connectivity index (χ0n) is 16.2. The third-order valence-corrected chi connectivity index (χ3v) is 5.57. The molecule has 3 rings (SSSR count). The molecule has 0 aliphatic carbocycles. The third kappa shape index (κ3) is 5.50. The Hall–Kier alpha value is -0.980. The average Bonchev–Trinajstić information content (AvgIpc) is 3.03. The Morgan fingerprint density at radius 1 is 1.20 bits per heavy atom. The molecule has 2 saturated heterocycles. The van der Waals surface area contributed by atoms with Gasteiger partial charge in [-0.05, 0) is 57.2 Å². The zero-order valence-corrected chi connectivity index (χ0v) is 16.2. The number of hydrogen-bond acceptors (Lipinski definition) is 5. The molecule has 0 aromatic carbocycles. The van der Waals surface area contributed by atoms with Crippen molar-refractivity contribution < 1.29 is 4.74 Å². The van der Waals surface area contributed by atoms with E-state index in [-0.39, 0.29) is 0 Å². The molecule has 0 amide bonds.